The normalized spacial score (nSPS) is 18.8. The molecule has 0 aromatic carbocycles. The summed E-state index contributed by atoms with van der Waals surface area (Å²) < 4.78 is 2.11. The lowest BCUT2D eigenvalue weighted by molar-refractivity contribution is 0.554. The Morgan fingerprint density at radius 2 is 1.53 bits per heavy atom. The molecular weight excluding hydrogens is 254 g/mol. The highest BCUT2D eigenvalue weighted by Crippen LogP contribution is 2.23. The summed E-state index contributed by atoms with van der Waals surface area (Å²) >= 11 is 1.72. The van der Waals surface area contributed by atoms with Crippen LogP contribution in [-0.2, 0) is 12.8 Å². The van der Waals surface area contributed by atoms with E-state index in [2.05, 4.69) is 16.5 Å². The van der Waals surface area contributed by atoms with Gasteiger partial charge in [0.1, 0.15) is 5.01 Å². The monoisotopic (exact) mass is 277 g/mol. The molecule has 104 valence electrons. The van der Waals surface area contributed by atoms with Crippen LogP contribution in [0.1, 0.15) is 67.8 Å². The third-order valence-electron chi connectivity index (χ3n) is 4.06. The predicted octanol–water partition coefficient (Wildman–Crippen LogP) is 4.32. The fourth-order valence-corrected chi connectivity index (χ4v) is 3.80. The molecule has 0 aliphatic heterocycles. The Bertz CT molecular complexity index is 541. The standard InChI is InChI=1S/C15H23N3S/c1-12-17-18-14-11-9-7-5-3-2-4-6-8-10-13(14)16-15(18)19-12/h2-11H2,1H3. The molecule has 1 aliphatic rings. The van der Waals surface area contributed by atoms with E-state index in [-0.39, 0.29) is 0 Å². The zero-order chi connectivity index (χ0) is 13.1. The number of nitrogens with zero attached hydrogens (tertiary/aromatic N) is 3. The van der Waals surface area contributed by atoms with Crippen LogP contribution in [0.25, 0.3) is 4.96 Å². The summed E-state index contributed by atoms with van der Waals surface area (Å²) in [5.41, 5.74) is 2.71. The van der Waals surface area contributed by atoms with E-state index in [0.717, 1.165) is 22.8 Å². The Morgan fingerprint density at radius 1 is 0.895 bits per heavy atom. The molecule has 0 bridgehead atoms. The van der Waals surface area contributed by atoms with E-state index < -0.39 is 0 Å². The summed E-state index contributed by atoms with van der Waals surface area (Å²) in [6, 6.07) is 0. The van der Waals surface area contributed by atoms with E-state index in [1.54, 1.807) is 11.3 Å². The maximum Gasteiger partial charge on any atom is 0.212 e. The molecule has 0 N–H and O–H groups in total. The molecule has 4 heteroatoms. The molecule has 2 heterocycles. The number of imidazole rings is 1. The average Bonchev–Trinajstić information content (AvgIpc) is 2.86. The molecule has 0 saturated carbocycles. The lowest BCUT2D eigenvalue weighted by Crippen LogP contribution is -2.00. The van der Waals surface area contributed by atoms with Gasteiger partial charge in [-0.1, -0.05) is 49.9 Å². The van der Waals surface area contributed by atoms with Gasteiger partial charge in [-0.05, 0) is 32.6 Å². The van der Waals surface area contributed by atoms with Crippen molar-refractivity contribution in [2.45, 2.75) is 71.1 Å². The fourth-order valence-electron chi connectivity index (χ4n) is 3.02. The first-order valence-electron chi connectivity index (χ1n) is 7.68. The van der Waals surface area contributed by atoms with Gasteiger partial charge in [-0.2, -0.15) is 5.10 Å². The van der Waals surface area contributed by atoms with Crippen molar-refractivity contribution in [1.29, 1.82) is 0 Å². The average molecular weight is 277 g/mol. The molecular formula is C15H23N3S. The molecule has 3 nitrogen and oxygen atoms in total. The van der Waals surface area contributed by atoms with E-state index in [1.807, 2.05) is 0 Å². The molecule has 0 amide bonds. The van der Waals surface area contributed by atoms with Crippen molar-refractivity contribution in [3.05, 3.63) is 16.4 Å². The number of hydrogen-bond acceptors (Lipinski definition) is 3. The van der Waals surface area contributed by atoms with E-state index >= 15 is 0 Å². The van der Waals surface area contributed by atoms with Gasteiger partial charge in [-0.25, -0.2) is 9.50 Å². The molecule has 2 aromatic rings. The maximum atomic E-state index is 4.82. The molecule has 19 heavy (non-hydrogen) atoms. The van der Waals surface area contributed by atoms with Crippen LogP contribution in [0, 0.1) is 6.92 Å². The van der Waals surface area contributed by atoms with E-state index in [1.165, 1.54) is 62.8 Å². The molecule has 3 rings (SSSR count). The summed E-state index contributed by atoms with van der Waals surface area (Å²) in [6.45, 7) is 2.07. The van der Waals surface area contributed by atoms with Crippen LogP contribution in [0.4, 0.5) is 0 Å². The highest BCUT2D eigenvalue weighted by molar-refractivity contribution is 7.16. The largest absolute Gasteiger partial charge is 0.222 e. The third-order valence-corrected chi connectivity index (χ3v) is 4.88. The van der Waals surface area contributed by atoms with Crippen LogP contribution in [0.5, 0.6) is 0 Å². The van der Waals surface area contributed by atoms with Crippen molar-refractivity contribution in [2.75, 3.05) is 0 Å². The zero-order valence-corrected chi connectivity index (χ0v) is 12.6. The lowest BCUT2D eigenvalue weighted by Gasteiger charge is -2.07. The summed E-state index contributed by atoms with van der Waals surface area (Å²) in [6.07, 6.45) is 13.2. The maximum absolute atomic E-state index is 4.82. The zero-order valence-electron chi connectivity index (χ0n) is 11.8. The summed E-state index contributed by atoms with van der Waals surface area (Å²) in [4.78, 5) is 5.92. The molecule has 2 aromatic heterocycles. The second-order valence-electron chi connectivity index (χ2n) is 5.65. The topological polar surface area (TPSA) is 30.2 Å². The highest BCUT2D eigenvalue weighted by atomic mass is 32.1. The molecule has 0 atom stereocenters. The minimum Gasteiger partial charge on any atom is -0.222 e. The first kappa shape index (κ1) is 13.1. The second kappa shape index (κ2) is 6.04. The minimum absolute atomic E-state index is 1.09. The lowest BCUT2D eigenvalue weighted by atomic mass is 10.0. The van der Waals surface area contributed by atoms with Gasteiger partial charge >= 0.3 is 0 Å². The number of fused-ring (bicyclic) bond motifs is 3. The third kappa shape index (κ3) is 2.99. The SMILES string of the molecule is Cc1nn2c3c(nc2s1)CCCCCCCCCC3. The highest BCUT2D eigenvalue weighted by Gasteiger charge is 2.15. The quantitative estimate of drug-likeness (QED) is 0.718. The van der Waals surface area contributed by atoms with Crippen LogP contribution >= 0.6 is 11.3 Å². The Hall–Kier alpha value is -0.900. The molecule has 0 unspecified atom stereocenters. The van der Waals surface area contributed by atoms with E-state index in [9.17, 15) is 0 Å². The van der Waals surface area contributed by atoms with Gasteiger partial charge in [0.25, 0.3) is 0 Å². The van der Waals surface area contributed by atoms with Gasteiger partial charge in [0.2, 0.25) is 4.96 Å². The van der Waals surface area contributed by atoms with Crippen molar-refractivity contribution in [3.8, 4) is 0 Å². The van der Waals surface area contributed by atoms with Crippen molar-refractivity contribution in [3.63, 3.8) is 0 Å². The van der Waals surface area contributed by atoms with E-state index in [0.29, 0.717) is 0 Å². The fraction of sp³-hybridized carbons (Fsp3) is 0.733. The summed E-state index contributed by atoms with van der Waals surface area (Å²) in [5.74, 6) is 0. The number of rotatable bonds is 0. The van der Waals surface area contributed by atoms with Crippen molar-refractivity contribution >= 4 is 16.3 Å². The van der Waals surface area contributed by atoms with Crippen LogP contribution in [0.15, 0.2) is 0 Å². The van der Waals surface area contributed by atoms with Crippen LogP contribution in [-0.4, -0.2) is 14.6 Å². The predicted molar refractivity (Wildman–Crippen MR) is 79.9 cm³/mol. The van der Waals surface area contributed by atoms with Crippen molar-refractivity contribution in [2.24, 2.45) is 0 Å². The Balaban J connectivity index is 1.86. The van der Waals surface area contributed by atoms with Gasteiger partial charge in [-0.15, -0.1) is 0 Å². The Labute approximate surface area is 119 Å². The molecule has 0 fully saturated rings. The van der Waals surface area contributed by atoms with Gasteiger partial charge in [0.05, 0.1) is 11.4 Å². The van der Waals surface area contributed by atoms with Crippen LogP contribution in [0.2, 0.25) is 0 Å². The second-order valence-corrected chi connectivity index (χ2v) is 6.81. The molecule has 0 saturated heterocycles. The van der Waals surface area contributed by atoms with Crippen LogP contribution < -0.4 is 0 Å². The first-order chi connectivity index (χ1) is 9.34. The Morgan fingerprint density at radius 3 is 2.26 bits per heavy atom. The molecule has 1 aliphatic carbocycles. The number of aryl methyl sites for hydroxylation is 3. The van der Waals surface area contributed by atoms with E-state index in [4.69, 9.17) is 4.98 Å². The Kier molecular flexibility index (Phi) is 4.16. The molecule has 0 spiro atoms. The van der Waals surface area contributed by atoms with Gasteiger partial charge in [-0.3, -0.25) is 0 Å². The van der Waals surface area contributed by atoms with Gasteiger partial charge in [0.15, 0.2) is 0 Å². The molecule has 0 radical (unpaired) electrons. The van der Waals surface area contributed by atoms with Crippen molar-refractivity contribution < 1.29 is 0 Å². The number of hydrogen-bond donors (Lipinski definition) is 0. The van der Waals surface area contributed by atoms with Gasteiger partial charge in [0, 0.05) is 0 Å². The van der Waals surface area contributed by atoms with Crippen molar-refractivity contribution in [1.82, 2.24) is 14.6 Å². The van der Waals surface area contributed by atoms with Gasteiger partial charge < -0.3 is 0 Å². The minimum atomic E-state index is 1.09. The summed E-state index contributed by atoms with van der Waals surface area (Å²) in [7, 11) is 0. The van der Waals surface area contributed by atoms with Crippen LogP contribution in [0.3, 0.4) is 0 Å². The summed E-state index contributed by atoms with van der Waals surface area (Å²) in [5, 5.41) is 5.75. The smallest absolute Gasteiger partial charge is 0.212 e. The first-order valence-corrected chi connectivity index (χ1v) is 8.50. The number of aromatic nitrogens is 3.